The molecule has 9 nitrogen and oxygen atoms in total. The predicted molar refractivity (Wildman–Crippen MR) is 126 cm³/mol. The Hall–Kier alpha value is -4.15. The molecule has 0 saturated carbocycles. The normalized spacial score (nSPS) is 10.5. The molecule has 0 saturated heterocycles. The third-order valence-electron chi connectivity index (χ3n) is 4.46. The Bertz CT molecular complexity index is 1340. The number of hydrogen-bond donors (Lipinski definition) is 2. The molecule has 164 valence electrons. The minimum Gasteiger partial charge on any atom is -0.322 e. The summed E-state index contributed by atoms with van der Waals surface area (Å²) in [4.78, 5) is 35.3. The number of nitro groups is 1. The van der Waals surface area contributed by atoms with Crippen LogP contribution < -0.4 is 10.6 Å². The molecule has 2 N–H and O–H groups in total. The Kier molecular flexibility index (Phi) is 6.38. The summed E-state index contributed by atoms with van der Waals surface area (Å²) in [7, 11) is 0. The van der Waals surface area contributed by atoms with Crippen molar-refractivity contribution in [2.45, 2.75) is 0 Å². The van der Waals surface area contributed by atoms with E-state index in [4.69, 9.17) is 11.6 Å². The second-order valence-electron chi connectivity index (χ2n) is 6.71. The number of non-ortho nitro benzene ring substituents is 1. The Morgan fingerprint density at radius 2 is 1.58 bits per heavy atom. The summed E-state index contributed by atoms with van der Waals surface area (Å²) < 4.78 is 0. The van der Waals surface area contributed by atoms with Gasteiger partial charge in [0.25, 0.3) is 17.5 Å². The molecular weight excluding hydrogens is 466 g/mol. The average molecular weight is 480 g/mol. The van der Waals surface area contributed by atoms with Crippen LogP contribution in [-0.2, 0) is 0 Å². The number of carbonyl (C=O) groups is 2. The molecular formula is C22H14ClN5O4S. The average Bonchev–Trinajstić information content (AvgIpc) is 3.28. The van der Waals surface area contributed by atoms with E-state index in [1.807, 2.05) is 0 Å². The molecule has 0 aliphatic carbocycles. The van der Waals surface area contributed by atoms with Crippen LogP contribution in [0.15, 0.2) is 72.8 Å². The van der Waals surface area contributed by atoms with Gasteiger partial charge in [-0.05, 0) is 54.6 Å². The van der Waals surface area contributed by atoms with Crippen LogP contribution in [-0.4, -0.2) is 26.9 Å². The maximum atomic E-state index is 12.7. The third-order valence-corrected chi connectivity index (χ3v) is 5.60. The third kappa shape index (κ3) is 5.37. The summed E-state index contributed by atoms with van der Waals surface area (Å²) in [5, 5.41) is 25.5. The molecule has 0 aliphatic rings. The van der Waals surface area contributed by atoms with E-state index >= 15 is 0 Å². The van der Waals surface area contributed by atoms with Crippen LogP contribution in [0.1, 0.15) is 20.7 Å². The van der Waals surface area contributed by atoms with Crippen molar-refractivity contribution >= 4 is 51.3 Å². The summed E-state index contributed by atoms with van der Waals surface area (Å²) in [6, 6.07) is 18.8. The van der Waals surface area contributed by atoms with Crippen molar-refractivity contribution in [3.63, 3.8) is 0 Å². The summed E-state index contributed by atoms with van der Waals surface area (Å²) in [5.41, 5.74) is 1.81. The number of hydrogen-bond acceptors (Lipinski definition) is 7. The number of aromatic nitrogens is 2. The van der Waals surface area contributed by atoms with E-state index in [1.54, 1.807) is 60.7 Å². The van der Waals surface area contributed by atoms with Gasteiger partial charge in [0.05, 0.1) is 4.92 Å². The highest BCUT2D eigenvalue weighted by Crippen LogP contribution is 2.28. The first-order valence-corrected chi connectivity index (χ1v) is 10.7. The van der Waals surface area contributed by atoms with Crippen molar-refractivity contribution in [1.82, 2.24) is 10.2 Å². The van der Waals surface area contributed by atoms with Gasteiger partial charge in [0.1, 0.15) is 5.01 Å². The zero-order valence-corrected chi connectivity index (χ0v) is 18.3. The van der Waals surface area contributed by atoms with Gasteiger partial charge in [0.15, 0.2) is 0 Å². The van der Waals surface area contributed by atoms with Crippen molar-refractivity contribution in [2.24, 2.45) is 0 Å². The maximum Gasteiger partial charge on any atom is 0.269 e. The number of anilines is 2. The van der Waals surface area contributed by atoms with Gasteiger partial charge in [0.2, 0.25) is 5.13 Å². The SMILES string of the molecule is O=C(Nc1cccc(C(=O)Nc2nnc(-c3ccc([N+](=O)[O-])cc3)s2)c1)c1ccc(Cl)cc1. The van der Waals surface area contributed by atoms with Gasteiger partial charge >= 0.3 is 0 Å². The molecule has 0 atom stereocenters. The second-order valence-corrected chi connectivity index (χ2v) is 8.13. The summed E-state index contributed by atoms with van der Waals surface area (Å²) in [5.74, 6) is -0.759. The number of nitro benzene ring substituents is 1. The van der Waals surface area contributed by atoms with Gasteiger partial charge in [0, 0.05) is 39.5 Å². The molecule has 1 aromatic heterocycles. The van der Waals surface area contributed by atoms with Crippen LogP contribution in [0.5, 0.6) is 0 Å². The van der Waals surface area contributed by atoms with Gasteiger partial charge in [-0.15, -0.1) is 10.2 Å². The highest BCUT2D eigenvalue weighted by atomic mass is 35.5. The summed E-state index contributed by atoms with van der Waals surface area (Å²) in [6.07, 6.45) is 0. The van der Waals surface area contributed by atoms with Crippen LogP contribution in [0.2, 0.25) is 5.02 Å². The Balaban J connectivity index is 1.43. The van der Waals surface area contributed by atoms with E-state index in [-0.39, 0.29) is 16.7 Å². The van der Waals surface area contributed by atoms with Gasteiger partial charge in [-0.2, -0.15) is 0 Å². The largest absolute Gasteiger partial charge is 0.322 e. The van der Waals surface area contributed by atoms with Gasteiger partial charge in [-0.3, -0.25) is 25.0 Å². The van der Waals surface area contributed by atoms with Crippen LogP contribution in [0.25, 0.3) is 10.6 Å². The number of rotatable bonds is 6. The maximum absolute atomic E-state index is 12.7. The lowest BCUT2D eigenvalue weighted by Gasteiger charge is -2.07. The van der Waals surface area contributed by atoms with Crippen LogP contribution in [0.4, 0.5) is 16.5 Å². The molecule has 0 fully saturated rings. The highest BCUT2D eigenvalue weighted by molar-refractivity contribution is 7.18. The smallest absolute Gasteiger partial charge is 0.269 e. The Morgan fingerprint density at radius 3 is 2.27 bits per heavy atom. The number of nitrogens with zero attached hydrogens (tertiary/aromatic N) is 3. The molecule has 0 aliphatic heterocycles. The number of carbonyl (C=O) groups excluding carboxylic acids is 2. The fraction of sp³-hybridized carbons (Fsp3) is 0. The molecule has 11 heteroatoms. The number of halogens is 1. The molecule has 0 unspecified atom stereocenters. The molecule has 0 bridgehead atoms. The zero-order valence-electron chi connectivity index (χ0n) is 16.7. The van der Waals surface area contributed by atoms with Gasteiger partial charge in [-0.1, -0.05) is 29.0 Å². The molecule has 0 radical (unpaired) electrons. The lowest BCUT2D eigenvalue weighted by atomic mass is 10.1. The van der Waals surface area contributed by atoms with E-state index in [9.17, 15) is 19.7 Å². The first-order valence-electron chi connectivity index (χ1n) is 9.46. The molecule has 0 spiro atoms. The van der Waals surface area contributed by atoms with E-state index < -0.39 is 10.8 Å². The molecule has 4 rings (SSSR count). The standard InChI is InChI=1S/C22H14ClN5O4S/c23-16-8-4-13(5-9-16)19(29)24-17-3-1-2-15(12-17)20(30)25-22-27-26-21(33-22)14-6-10-18(11-7-14)28(31)32/h1-12H,(H,24,29)(H,25,27,30). The van der Waals surface area contributed by atoms with E-state index in [1.165, 1.54) is 12.1 Å². The second kappa shape index (κ2) is 9.55. The molecule has 2 amide bonds. The van der Waals surface area contributed by atoms with Crippen molar-refractivity contribution in [1.29, 1.82) is 0 Å². The Morgan fingerprint density at radius 1 is 0.879 bits per heavy atom. The van der Waals surface area contributed by atoms with Crippen molar-refractivity contribution in [3.8, 4) is 10.6 Å². The fourth-order valence-electron chi connectivity index (χ4n) is 2.83. The van der Waals surface area contributed by atoms with Crippen molar-refractivity contribution in [3.05, 3.63) is 99.1 Å². The van der Waals surface area contributed by atoms with E-state index in [0.717, 1.165) is 11.3 Å². The minimum absolute atomic E-state index is 0.0279. The lowest BCUT2D eigenvalue weighted by Crippen LogP contribution is -2.14. The fourth-order valence-corrected chi connectivity index (χ4v) is 3.70. The first-order chi connectivity index (χ1) is 15.9. The van der Waals surface area contributed by atoms with E-state index in [0.29, 0.717) is 32.4 Å². The highest BCUT2D eigenvalue weighted by Gasteiger charge is 2.14. The van der Waals surface area contributed by atoms with Gasteiger partial charge < -0.3 is 5.32 Å². The lowest BCUT2D eigenvalue weighted by molar-refractivity contribution is -0.384. The summed E-state index contributed by atoms with van der Waals surface area (Å²) >= 11 is 6.98. The molecule has 1 heterocycles. The monoisotopic (exact) mass is 479 g/mol. The van der Waals surface area contributed by atoms with Crippen LogP contribution in [0, 0.1) is 10.1 Å². The van der Waals surface area contributed by atoms with Gasteiger partial charge in [-0.25, -0.2) is 0 Å². The van der Waals surface area contributed by atoms with Crippen LogP contribution in [0.3, 0.4) is 0 Å². The topological polar surface area (TPSA) is 127 Å². The molecule has 3 aromatic carbocycles. The number of benzene rings is 3. The van der Waals surface area contributed by atoms with E-state index in [2.05, 4.69) is 20.8 Å². The Labute approximate surface area is 196 Å². The number of amides is 2. The quantitative estimate of drug-likeness (QED) is 0.286. The van der Waals surface area contributed by atoms with Crippen molar-refractivity contribution < 1.29 is 14.5 Å². The predicted octanol–water partition coefficient (Wildman–Crippen LogP) is 5.27. The molecule has 4 aromatic rings. The summed E-state index contributed by atoms with van der Waals surface area (Å²) in [6.45, 7) is 0. The number of nitrogens with one attached hydrogen (secondary N) is 2. The molecule has 33 heavy (non-hydrogen) atoms. The zero-order chi connectivity index (χ0) is 23.4. The van der Waals surface area contributed by atoms with Crippen LogP contribution >= 0.6 is 22.9 Å². The minimum atomic E-state index is -0.485. The van der Waals surface area contributed by atoms with Crippen molar-refractivity contribution in [2.75, 3.05) is 10.6 Å². The first kappa shape index (κ1) is 22.1.